The van der Waals surface area contributed by atoms with Crippen LogP contribution in [0.3, 0.4) is 0 Å². The van der Waals surface area contributed by atoms with Gasteiger partial charge in [0.15, 0.2) is 11.5 Å². The van der Waals surface area contributed by atoms with Crippen molar-refractivity contribution in [1.29, 1.82) is 0 Å². The molecular weight excluding hydrogens is 478 g/mol. The average Bonchev–Trinajstić information content (AvgIpc) is 3.24. The Hall–Kier alpha value is -4.94. The molecule has 0 fully saturated rings. The van der Waals surface area contributed by atoms with E-state index in [1.165, 1.54) is 4.52 Å². The molecule has 3 aromatic heterocycles. The first-order valence-electron chi connectivity index (χ1n) is 12.1. The third-order valence-corrected chi connectivity index (χ3v) is 6.15. The molecule has 1 amide bonds. The number of carbonyl (C=O) groups excluding carboxylic acids is 1. The maximum absolute atomic E-state index is 14.0. The predicted molar refractivity (Wildman–Crippen MR) is 148 cm³/mol. The smallest absolute Gasteiger partial charge is 0.264 e. The third-order valence-electron chi connectivity index (χ3n) is 6.15. The Kier molecular flexibility index (Phi) is 6.64. The molecule has 0 saturated heterocycles. The molecular formula is C29H27N7O2. The molecule has 38 heavy (non-hydrogen) atoms. The van der Waals surface area contributed by atoms with E-state index in [0.29, 0.717) is 34.5 Å². The molecule has 1 atom stereocenters. The molecule has 2 aromatic carbocycles. The first-order chi connectivity index (χ1) is 18.3. The topological polar surface area (TPSA) is 111 Å². The molecule has 0 spiro atoms. The first kappa shape index (κ1) is 24.7. The number of pyridine rings is 1. The highest BCUT2D eigenvalue weighted by Crippen LogP contribution is 2.24. The molecule has 0 bridgehead atoms. The zero-order valence-corrected chi connectivity index (χ0v) is 21.3. The standard InChI is InChI=1S/C29H27N7O2/c1-19(32-28(37)25-26(30)33-35-17-9-15-31-27(25)35)23-18-21-11-7-10-20(12-8-16-34(2)3)24(21)29(38)36(23)22-13-5-4-6-14-22/h4-7,9-11,13-15,17-19H,16H2,1-3H3,(H2,30,33)(H,32,37)/t19-/m1/s1. The van der Waals surface area contributed by atoms with Crippen molar-refractivity contribution < 1.29 is 4.79 Å². The molecule has 5 aromatic rings. The molecule has 190 valence electrons. The lowest BCUT2D eigenvalue weighted by atomic mass is 10.0. The molecule has 3 heterocycles. The van der Waals surface area contributed by atoms with Crippen molar-refractivity contribution in [2.24, 2.45) is 0 Å². The average molecular weight is 506 g/mol. The molecule has 3 N–H and O–H groups in total. The normalized spacial score (nSPS) is 11.9. The Labute approximate surface area is 219 Å². The van der Waals surface area contributed by atoms with Crippen molar-refractivity contribution in [2.75, 3.05) is 26.4 Å². The highest BCUT2D eigenvalue weighted by molar-refractivity contribution is 6.04. The number of benzene rings is 2. The number of fused-ring (bicyclic) bond motifs is 2. The van der Waals surface area contributed by atoms with Crippen molar-refractivity contribution >= 4 is 28.1 Å². The second-order valence-corrected chi connectivity index (χ2v) is 9.20. The molecule has 0 aliphatic heterocycles. The molecule has 0 aliphatic carbocycles. The number of rotatable bonds is 5. The van der Waals surface area contributed by atoms with E-state index in [4.69, 9.17) is 5.73 Å². The quantitative estimate of drug-likeness (QED) is 0.355. The van der Waals surface area contributed by atoms with Crippen molar-refractivity contribution in [3.63, 3.8) is 0 Å². The van der Waals surface area contributed by atoms with E-state index in [2.05, 4.69) is 27.2 Å². The van der Waals surface area contributed by atoms with Gasteiger partial charge in [-0.3, -0.25) is 19.1 Å². The number of hydrogen-bond acceptors (Lipinski definition) is 6. The second-order valence-electron chi connectivity index (χ2n) is 9.20. The summed E-state index contributed by atoms with van der Waals surface area (Å²) in [5, 5.41) is 8.44. The number of nitrogens with zero attached hydrogens (tertiary/aromatic N) is 5. The summed E-state index contributed by atoms with van der Waals surface area (Å²) in [5.74, 6) is 5.93. The summed E-state index contributed by atoms with van der Waals surface area (Å²) in [7, 11) is 3.89. The van der Waals surface area contributed by atoms with Crippen LogP contribution in [0.5, 0.6) is 0 Å². The maximum atomic E-state index is 14.0. The van der Waals surface area contributed by atoms with Gasteiger partial charge in [0.05, 0.1) is 18.0 Å². The first-order valence-corrected chi connectivity index (χ1v) is 12.1. The Balaban J connectivity index is 1.63. The Morgan fingerprint density at radius 2 is 1.92 bits per heavy atom. The minimum absolute atomic E-state index is 0.0771. The number of nitrogen functional groups attached to an aromatic ring is 1. The molecule has 5 rings (SSSR count). The van der Waals surface area contributed by atoms with Gasteiger partial charge in [0.25, 0.3) is 11.5 Å². The molecule has 0 unspecified atom stereocenters. The molecule has 0 aliphatic rings. The fourth-order valence-electron chi connectivity index (χ4n) is 4.41. The summed E-state index contributed by atoms with van der Waals surface area (Å²) in [4.78, 5) is 33.6. The van der Waals surface area contributed by atoms with E-state index in [1.807, 2.05) is 80.5 Å². The Morgan fingerprint density at radius 3 is 2.68 bits per heavy atom. The van der Waals surface area contributed by atoms with Crippen LogP contribution in [0.25, 0.3) is 22.1 Å². The van der Waals surface area contributed by atoms with Gasteiger partial charge < -0.3 is 11.1 Å². The number of aromatic nitrogens is 4. The zero-order valence-electron chi connectivity index (χ0n) is 21.3. The maximum Gasteiger partial charge on any atom is 0.264 e. The van der Waals surface area contributed by atoms with Gasteiger partial charge in [0.1, 0.15) is 5.56 Å². The van der Waals surface area contributed by atoms with Crippen molar-refractivity contribution in [3.05, 3.63) is 100 Å². The zero-order chi connectivity index (χ0) is 26.8. The van der Waals surface area contributed by atoms with Crippen LogP contribution in [0, 0.1) is 11.8 Å². The molecule has 0 saturated carbocycles. The van der Waals surface area contributed by atoms with Gasteiger partial charge in [-0.25, -0.2) is 9.50 Å². The van der Waals surface area contributed by atoms with Crippen molar-refractivity contribution in [1.82, 2.24) is 29.4 Å². The number of carbonyl (C=O) groups is 1. The number of hydrogen-bond donors (Lipinski definition) is 2. The number of nitrogens with two attached hydrogens (primary N) is 1. The van der Waals surface area contributed by atoms with Gasteiger partial charge in [-0.15, -0.1) is 5.10 Å². The third kappa shape index (κ3) is 4.61. The van der Waals surface area contributed by atoms with Crippen LogP contribution in [-0.2, 0) is 0 Å². The van der Waals surface area contributed by atoms with Gasteiger partial charge >= 0.3 is 0 Å². The van der Waals surface area contributed by atoms with Gasteiger partial charge in [0.2, 0.25) is 0 Å². The fourth-order valence-corrected chi connectivity index (χ4v) is 4.41. The van der Waals surface area contributed by atoms with Crippen LogP contribution in [0.15, 0.2) is 77.9 Å². The highest BCUT2D eigenvalue weighted by Gasteiger charge is 2.23. The number of anilines is 1. The summed E-state index contributed by atoms with van der Waals surface area (Å²) < 4.78 is 3.09. The van der Waals surface area contributed by atoms with E-state index in [-0.39, 0.29) is 16.9 Å². The van der Waals surface area contributed by atoms with Crippen LogP contribution >= 0.6 is 0 Å². The minimum atomic E-state index is -0.554. The lowest BCUT2D eigenvalue weighted by Crippen LogP contribution is -2.32. The Bertz CT molecular complexity index is 1780. The SMILES string of the molecule is C[C@@H](NC(=O)c1c(N)nn2cccnc12)c1cc2cccc(C#CCN(C)C)c2c(=O)n1-c1ccccc1. The van der Waals surface area contributed by atoms with Crippen molar-refractivity contribution in [2.45, 2.75) is 13.0 Å². The van der Waals surface area contributed by atoms with Crippen LogP contribution in [-0.4, -0.2) is 50.6 Å². The van der Waals surface area contributed by atoms with E-state index in [1.54, 1.807) is 23.0 Å². The van der Waals surface area contributed by atoms with E-state index < -0.39 is 11.9 Å². The monoisotopic (exact) mass is 505 g/mol. The van der Waals surface area contributed by atoms with Gasteiger partial charge in [-0.1, -0.05) is 42.2 Å². The number of amides is 1. The lowest BCUT2D eigenvalue weighted by molar-refractivity contribution is 0.0941. The number of para-hydroxylation sites is 1. The van der Waals surface area contributed by atoms with Gasteiger partial charge in [0, 0.05) is 29.3 Å². The van der Waals surface area contributed by atoms with Gasteiger partial charge in [-0.05, 0) is 56.7 Å². The summed E-state index contributed by atoms with van der Waals surface area (Å²) in [6, 6.07) is 18.0. The molecule has 9 heteroatoms. The highest BCUT2D eigenvalue weighted by atomic mass is 16.2. The van der Waals surface area contributed by atoms with Crippen LogP contribution in [0.1, 0.15) is 34.6 Å². The fraction of sp³-hybridized carbons (Fsp3) is 0.172. The van der Waals surface area contributed by atoms with Crippen LogP contribution < -0.4 is 16.6 Å². The van der Waals surface area contributed by atoms with Crippen molar-refractivity contribution in [3.8, 4) is 17.5 Å². The summed E-state index contributed by atoms with van der Waals surface area (Å²) in [6.07, 6.45) is 3.25. The Morgan fingerprint density at radius 1 is 1.13 bits per heavy atom. The van der Waals surface area contributed by atoms with E-state index in [9.17, 15) is 9.59 Å². The molecule has 0 radical (unpaired) electrons. The molecule has 9 nitrogen and oxygen atoms in total. The van der Waals surface area contributed by atoms with Gasteiger partial charge in [-0.2, -0.15) is 0 Å². The second kappa shape index (κ2) is 10.2. The van der Waals surface area contributed by atoms with Crippen LogP contribution in [0.2, 0.25) is 0 Å². The lowest BCUT2D eigenvalue weighted by Gasteiger charge is -2.21. The van der Waals surface area contributed by atoms with E-state index in [0.717, 1.165) is 5.39 Å². The van der Waals surface area contributed by atoms with E-state index >= 15 is 0 Å². The minimum Gasteiger partial charge on any atom is -0.381 e. The summed E-state index contributed by atoms with van der Waals surface area (Å²) in [5.41, 5.74) is 8.35. The largest absolute Gasteiger partial charge is 0.381 e. The van der Waals surface area contributed by atoms with Crippen LogP contribution in [0.4, 0.5) is 5.82 Å². The summed E-state index contributed by atoms with van der Waals surface area (Å²) in [6.45, 7) is 2.40. The number of nitrogens with one attached hydrogen (secondary N) is 1. The predicted octanol–water partition coefficient (Wildman–Crippen LogP) is 3.02. The summed E-state index contributed by atoms with van der Waals surface area (Å²) >= 11 is 0.